The number of carbonyl (C=O) groups is 2. The van der Waals surface area contributed by atoms with Crippen molar-refractivity contribution in [3.05, 3.63) is 30.1 Å². The highest BCUT2D eigenvalue weighted by atomic mass is 32.2. The van der Waals surface area contributed by atoms with E-state index in [-0.39, 0.29) is 50.1 Å². The summed E-state index contributed by atoms with van der Waals surface area (Å²) < 4.78 is 39.2. The molecule has 10 heteroatoms. The summed E-state index contributed by atoms with van der Waals surface area (Å²) in [4.78, 5) is 23.9. The smallest absolute Gasteiger partial charge is 0.317 e. The third kappa shape index (κ3) is 5.13. The fourth-order valence-electron chi connectivity index (χ4n) is 2.43. The first-order chi connectivity index (χ1) is 11.8. The summed E-state index contributed by atoms with van der Waals surface area (Å²) in [5, 5.41) is 11.1. The van der Waals surface area contributed by atoms with Gasteiger partial charge in [0.25, 0.3) is 0 Å². The lowest BCUT2D eigenvalue weighted by molar-refractivity contribution is -0.137. The van der Waals surface area contributed by atoms with E-state index in [0.717, 1.165) is 12.1 Å². The van der Waals surface area contributed by atoms with E-state index in [1.165, 1.54) is 21.3 Å². The maximum atomic E-state index is 12.9. The number of hydrogen-bond acceptors (Lipinski definition) is 4. The number of urea groups is 1. The summed E-state index contributed by atoms with van der Waals surface area (Å²) in [6, 6.07) is 4.27. The summed E-state index contributed by atoms with van der Waals surface area (Å²) in [6.45, 7) is 0.986. The zero-order chi connectivity index (χ0) is 18.4. The average Bonchev–Trinajstić information content (AvgIpc) is 2.59. The summed E-state index contributed by atoms with van der Waals surface area (Å²) >= 11 is 0. The second-order valence-corrected chi connectivity index (χ2v) is 7.51. The van der Waals surface area contributed by atoms with E-state index in [1.54, 1.807) is 0 Å². The molecule has 2 amide bonds. The third-order valence-corrected chi connectivity index (χ3v) is 5.73. The van der Waals surface area contributed by atoms with Gasteiger partial charge in [-0.05, 0) is 30.7 Å². The number of rotatable bonds is 6. The van der Waals surface area contributed by atoms with Gasteiger partial charge in [-0.2, -0.15) is 4.31 Å². The van der Waals surface area contributed by atoms with Crippen molar-refractivity contribution < 1.29 is 27.5 Å². The number of sulfonamides is 1. The Bertz CT molecular complexity index is 715. The van der Waals surface area contributed by atoms with Crippen molar-refractivity contribution in [1.82, 2.24) is 14.5 Å². The minimum Gasteiger partial charge on any atom is -0.481 e. The highest BCUT2D eigenvalue weighted by Crippen LogP contribution is 2.18. The largest absolute Gasteiger partial charge is 0.481 e. The number of halogens is 1. The molecule has 0 spiro atoms. The lowest BCUT2D eigenvalue weighted by atomic mass is 10.3. The van der Waals surface area contributed by atoms with Gasteiger partial charge in [0.2, 0.25) is 10.0 Å². The van der Waals surface area contributed by atoms with Gasteiger partial charge in [0, 0.05) is 39.1 Å². The molecule has 0 aromatic heterocycles. The lowest BCUT2D eigenvalue weighted by Gasteiger charge is -2.34. The molecule has 138 valence electrons. The molecule has 8 nitrogen and oxygen atoms in total. The van der Waals surface area contributed by atoms with Gasteiger partial charge in [0.05, 0.1) is 4.90 Å². The number of nitrogens with zero attached hydrogens (tertiary/aromatic N) is 2. The van der Waals surface area contributed by atoms with E-state index in [1.807, 2.05) is 0 Å². The average molecular weight is 373 g/mol. The minimum atomic E-state index is -3.72. The van der Waals surface area contributed by atoms with Crippen LogP contribution in [0.2, 0.25) is 0 Å². The standard InChI is InChI=1S/C15H20FN3O5S/c16-12-3-5-13(6-4-12)25(23,24)19-10-8-18(9-11-19)15(22)17-7-1-2-14(20)21/h3-6H,1-2,7-11H2,(H,17,22)(H,20,21). The molecule has 0 atom stereocenters. The monoisotopic (exact) mass is 373 g/mol. The van der Waals surface area contributed by atoms with E-state index >= 15 is 0 Å². The quantitative estimate of drug-likeness (QED) is 0.714. The van der Waals surface area contributed by atoms with Gasteiger partial charge in [-0.1, -0.05) is 0 Å². The Morgan fingerprint density at radius 3 is 2.28 bits per heavy atom. The summed E-state index contributed by atoms with van der Waals surface area (Å²) in [7, 11) is -3.72. The SMILES string of the molecule is O=C(O)CCCNC(=O)N1CCN(S(=O)(=O)c2ccc(F)cc2)CC1. The summed E-state index contributed by atoms with van der Waals surface area (Å²) in [6.07, 6.45) is 0.309. The molecule has 0 radical (unpaired) electrons. The van der Waals surface area contributed by atoms with Crippen molar-refractivity contribution in [2.45, 2.75) is 17.7 Å². The van der Waals surface area contributed by atoms with Crippen LogP contribution >= 0.6 is 0 Å². The van der Waals surface area contributed by atoms with Gasteiger partial charge in [0.1, 0.15) is 5.82 Å². The molecule has 1 aliphatic rings. The van der Waals surface area contributed by atoms with Crippen LogP contribution in [0.5, 0.6) is 0 Å². The Kier molecular flexibility index (Phi) is 6.32. The van der Waals surface area contributed by atoms with Crippen LogP contribution in [0.4, 0.5) is 9.18 Å². The van der Waals surface area contributed by atoms with Gasteiger partial charge in [-0.25, -0.2) is 17.6 Å². The van der Waals surface area contributed by atoms with Crippen molar-refractivity contribution in [3.63, 3.8) is 0 Å². The fraction of sp³-hybridized carbons (Fsp3) is 0.467. The first kappa shape index (κ1) is 19.1. The second-order valence-electron chi connectivity index (χ2n) is 5.57. The van der Waals surface area contributed by atoms with Crippen LogP contribution in [0.1, 0.15) is 12.8 Å². The fourth-order valence-corrected chi connectivity index (χ4v) is 3.86. The topological polar surface area (TPSA) is 107 Å². The van der Waals surface area contributed by atoms with Gasteiger partial charge in [-0.3, -0.25) is 4.79 Å². The number of carbonyl (C=O) groups excluding carboxylic acids is 1. The molecule has 2 rings (SSSR count). The molecule has 1 aromatic rings. The molecule has 0 aliphatic carbocycles. The van der Waals surface area contributed by atoms with Crippen LogP contribution < -0.4 is 5.32 Å². The zero-order valence-corrected chi connectivity index (χ0v) is 14.3. The van der Waals surface area contributed by atoms with Crippen molar-refractivity contribution in [3.8, 4) is 0 Å². The molecular weight excluding hydrogens is 353 g/mol. The number of piperazine rings is 1. The van der Waals surface area contributed by atoms with Crippen LogP contribution in [0.3, 0.4) is 0 Å². The van der Waals surface area contributed by atoms with Crippen molar-refractivity contribution in [1.29, 1.82) is 0 Å². The molecule has 1 heterocycles. The molecule has 0 saturated carbocycles. The van der Waals surface area contributed by atoms with Gasteiger partial charge in [-0.15, -0.1) is 0 Å². The number of nitrogens with one attached hydrogen (secondary N) is 1. The van der Waals surface area contributed by atoms with E-state index in [9.17, 15) is 22.4 Å². The third-order valence-electron chi connectivity index (χ3n) is 3.82. The lowest BCUT2D eigenvalue weighted by Crippen LogP contribution is -2.53. The molecule has 1 aromatic carbocycles. The highest BCUT2D eigenvalue weighted by molar-refractivity contribution is 7.89. The molecule has 1 aliphatic heterocycles. The van der Waals surface area contributed by atoms with Gasteiger partial charge < -0.3 is 15.3 Å². The first-order valence-electron chi connectivity index (χ1n) is 7.81. The Morgan fingerprint density at radius 1 is 1.12 bits per heavy atom. The molecule has 0 bridgehead atoms. The molecule has 25 heavy (non-hydrogen) atoms. The second kappa shape index (κ2) is 8.26. The zero-order valence-electron chi connectivity index (χ0n) is 13.5. The Balaban J connectivity index is 1.85. The van der Waals surface area contributed by atoms with E-state index < -0.39 is 21.8 Å². The highest BCUT2D eigenvalue weighted by Gasteiger charge is 2.30. The Morgan fingerprint density at radius 2 is 1.72 bits per heavy atom. The number of carboxylic acids is 1. The number of carboxylic acid groups (broad SMARTS) is 1. The van der Waals surface area contributed by atoms with Crippen molar-refractivity contribution in [2.75, 3.05) is 32.7 Å². The predicted molar refractivity (Wildman–Crippen MR) is 87.0 cm³/mol. The van der Waals surface area contributed by atoms with Crippen LogP contribution in [-0.4, -0.2) is 67.5 Å². The van der Waals surface area contributed by atoms with E-state index in [4.69, 9.17) is 5.11 Å². The minimum absolute atomic E-state index is 0.0143. The first-order valence-corrected chi connectivity index (χ1v) is 9.25. The number of hydrogen-bond donors (Lipinski definition) is 2. The number of benzene rings is 1. The number of aliphatic carboxylic acids is 1. The van der Waals surface area contributed by atoms with Crippen molar-refractivity contribution >= 4 is 22.0 Å². The molecule has 1 fully saturated rings. The van der Waals surface area contributed by atoms with Gasteiger partial charge >= 0.3 is 12.0 Å². The molecule has 1 saturated heterocycles. The maximum absolute atomic E-state index is 12.9. The predicted octanol–water partition coefficient (Wildman–Crippen LogP) is 0.706. The summed E-state index contributed by atoms with van der Waals surface area (Å²) in [5.41, 5.74) is 0. The maximum Gasteiger partial charge on any atom is 0.317 e. The van der Waals surface area contributed by atoms with Crippen LogP contribution in [0.25, 0.3) is 0 Å². The Hall–Kier alpha value is -2.20. The molecular formula is C15H20FN3O5S. The van der Waals surface area contributed by atoms with Gasteiger partial charge in [0.15, 0.2) is 0 Å². The van der Waals surface area contributed by atoms with E-state index in [2.05, 4.69) is 5.32 Å². The van der Waals surface area contributed by atoms with Crippen LogP contribution in [0.15, 0.2) is 29.2 Å². The van der Waals surface area contributed by atoms with Crippen LogP contribution in [0, 0.1) is 5.82 Å². The normalized spacial score (nSPS) is 15.8. The molecule has 2 N–H and O–H groups in total. The molecule has 0 unspecified atom stereocenters. The summed E-state index contributed by atoms with van der Waals surface area (Å²) in [5.74, 6) is -1.43. The Labute approximate surface area is 145 Å². The number of amides is 2. The van der Waals surface area contributed by atoms with E-state index in [0.29, 0.717) is 6.42 Å². The van der Waals surface area contributed by atoms with Crippen LogP contribution in [-0.2, 0) is 14.8 Å². The van der Waals surface area contributed by atoms with Crippen molar-refractivity contribution in [2.24, 2.45) is 0 Å².